The number of benzene rings is 3. The van der Waals surface area contributed by atoms with Crippen LogP contribution < -0.4 is 9.47 Å². The number of phenolic OH excluding ortho intramolecular Hbond substituents is 1. The van der Waals surface area contributed by atoms with Crippen molar-refractivity contribution >= 4 is 16.7 Å². The minimum atomic E-state index is -0.506. The molecular weight excluding hydrogens is 280 g/mol. The normalized spacial score (nSPS) is 10.4. The molecule has 0 atom stereocenters. The van der Waals surface area contributed by atoms with Gasteiger partial charge in [0.1, 0.15) is 5.75 Å². The van der Waals surface area contributed by atoms with Crippen LogP contribution in [0.3, 0.4) is 0 Å². The molecule has 0 amide bonds. The van der Waals surface area contributed by atoms with Crippen molar-refractivity contribution in [1.29, 1.82) is 0 Å². The summed E-state index contributed by atoms with van der Waals surface area (Å²) in [7, 11) is 1.42. The van der Waals surface area contributed by atoms with Crippen LogP contribution in [0.1, 0.15) is 10.4 Å². The second kappa shape index (κ2) is 5.77. The van der Waals surface area contributed by atoms with Gasteiger partial charge in [0.2, 0.25) is 0 Å². The lowest BCUT2D eigenvalue weighted by molar-refractivity contribution is 0.0734. The molecule has 0 bridgehead atoms. The van der Waals surface area contributed by atoms with Crippen LogP contribution in [0.2, 0.25) is 0 Å². The number of carbonyl (C=O) groups excluding carboxylic acids is 1. The number of phenols is 1. The van der Waals surface area contributed by atoms with Gasteiger partial charge in [-0.25, -0.2) is 4.79 Å². The molecule has 4 nitrogen and oxygen atoms in total. The lowest BCUT2D eigenvalue weighted by Gasteiger charge is -2.08. The van der Waals surface area contributed by atoms with Gasteiger partial charge in [0.15, 0.2) is 11.5 Å². The number of aromatic hydroxyl groups is 1. The minimum Gasteiger partial charge on any atom is -0.504 e. The highest BCUT2D eigenvalue weighted by Gasteiger charge is 2.12. The SMILES string of the molecule is COc1cc(C(=O)Oc2ccc3ccccc3c2)ccc1O. The molecule has 3 aromatic rings. The van der Waals surface area contributed by atoms with Crippen molar-refractivity contribution in [3.8, 4) is 17.2 Å². The largest absolute Gasteiger partial charge is 0.504 e. The highest BCUT2D eigenvalue weighted by atomic mass is 16.5. The predicted molar refractivity (Wildman–Crippen MR) is 83.6 cm³/mol. The first-order valence-electron chi connectivity index (χ1n) is 6.75. The fraction of sp³-hybridized carbons (Fsp3) is 0.0556. The second-order valence-electron chi connectivity index (χ2n) is 4.79. The van der Waals surface area contributed by atoms with E-state index in [1.54, 1.807) is 6.07 Å². The molecule has 4 heteroatoms. The summed E-state index contributed by atoms with van der Waals surface area (Å²) in [5, 5.41) is 11.6. The summed E-state index contributed by atoms with van der Waals surface area (Å²) in [6.07, 6.45) is 0. The number of methoxy groups -OCH3 is 1. The first-order chi connectivity index (χ1) is 10.7. The van der Waals surface area contributed by atoms with Crippen molar-refractivity contribution in [1.82, 2.24) is 0 Å². The molecule has 0 aliphatic carbocycles. The van der Waals surface area contributed by atoms with Gasteiger partial charge in [-0.2, -0.15) is 0 Å². The molecule has 0 saturated heterocycles. The zero-order chi connectivity index (χ0) is 15.5. The predicted octanol–water partition coefficient (Wildman–Crippen LogP) is 3.77. The molecule has 0 radical (unpaired) electrons. The Bertz CT molecular complexity index is 839. The van der Waals surface area contributed by atoms with Gasteiger partial charge in [0.25, 0.3) is 0 Å². The number of carbonyl (C=O) groups is 1. The standard InChI is InChI=1S/C18H14O4/c1-21-17-11-14(7-9-16(17)19)18(20)22-15-8-6-12-4-2-3-5-13(12)10-15/h2-11,19H,1H3. The van der Waals surface area contributed by atoms with E-state index in [0.717, 1.165) is 10.8 Å². The Hall–Kier alpha value is -3.01. The fourth-order valence-corrected chi connectivity index (χ4v) is 2.20. The summed E-state index contributed by atoms with van der Waals surface area (Å²) in [4.78, 5) is 12.2. The van der Waals surface area contributed by atoms with E-state index in [4.69, 9.17) is 9.47 Å². The van der Waals surface area contributed by atoms with Crippen LogP contribution in [-0.4, -0.2) is 18.2 Å². The van der Waals surface area contributed by atoms with E-state index in [1.807, 2.05) is 36.4 Å². The summed E-state index contributed by atoms with van der Waals surface area (Å²) in [6.45, 7) is 0. The number of esters is 1. The van der Waals surface area contributed by atoms with Crippen molar-refractivity contribution in [2.45, 2.75) is 0 Å². The first-order valence-corrected chi connectivity index (χ1v) is 6.75. The molecule has 0 aliphatic rings. The molecule has 0 fully saturated rings. The maximum Gasteiger partial charge on any atom is 0.343 e. The molecule has 0 saturated carbocycles. The maximum atomic E-state index is 12.2. The topological polar surface area (TPSA) is 55.8 Å². The van der Waals surface area contributed by atoms with Gasteiger partial charge < -0.3 is 14.6 Å². The van der Waals surface area contributed by atoms with Gasteiger partial charge in [-0.15, -0.1) is 0 Å². The Morgan fingerprint density at radius 3 is 2.50 bits per heavy atom. The third-order valence-corrected chi connectivity index (χ3v) is 3.35. The molecule has 0 heterocycles. The Labute approximate surface area is 127 Å². The summed E-state index contributed by atoms with van der Waals surface area (Å²) < 4.78 is 10.4. The minimum absolute atomic E-state index is 0.0234. The van der Waals surface area contributed by atoms with E-state index < -0.39 is 5.97 Å². The average Bonchev–Trinajstić information content (AvgIpc) is 2.55. The van der Waals surface area contributed by atoms with Crippen LogP contribution in [-0.2, 0) is 0 Å². The lowest BCUT2D eigenvalue weighted by atomic mass is 10.1. The third-order valence-electron chi connectivity index (χ3n) is 3.35. The Balaban J connectivity index is 1.86. The van der Waals surface area contributed by atoms with Crippen LogP contribution in [0.5, 0.6) is 17.2 Å². The highest BCUT2D eigenvalue weighted by molar-refractivity contribution is 5.92. The molecule has 1 N–H and O–H groups in total. The van der Waals surface area contributed by atoms with E-state index in [1.165, 1.54) is 25.3 Å². The van der Waals surface area contributed by atoms with Crippen molar-refractivity contribution in [3.05, 3.63) is 66.2 Å². The van der Waals surface area contributed by atoms with Gasteiger partial charge in [0, 0.05) is 0 Å². The molecule has 0 unspecified atom stereocenters. The third kappa shape index (κ3) is 2.72. The van der Waals surface area contributed by atoms with Gasteiger partial charge >= 0.3 is 5.97 Å². The highest BCUT2D eigenvalue weighted by Crippen LogP contribution is 2.27. The molecular formula is C18H14O4. The van der Waals surface area contributed by atoms with Crippen LogP contribution in [0.25, 0.3) is 10.8 Å². The number of ether oxygens (including phenoxy) is 2. The maximum absolute atomic E-state index is 12.2. The lowest BCUT2D eigenvalue weighted by Crippen LogP contribution is -2.08. The van der Waals surface area contributed by atoms with Crippen molar-refractivity contribution in [2.24, 2.45) is 0 Å². The zero-order valence-corrected chi connectivity index (χ0v) is 11.9. The molecule has 0 aromatic heterocycles. The summed E-state index contributed by atoms with van der Waals surface area (Å²) in [5.74, 6) is 0.169. The monoisotopic (exact) mass is 294 g/mol. The Morgan fingerprint density at radius 2 is 1.73 bits per heavy atom. The summed E-state index contributed by atoms with van der Waals surface area (Å²) >= 11 is 0. The van der Waals surface area contributed by atoms with Crippen LogP contribution in [0.15, 0.2) is 60.7 Å². The van der Waals surface area contributed by atoms with Crippen molar-refractivity contribution in [2.75, 3.05) is 7.11 Å². The van der Waals surface area contributed by atoms with Crippen LogP contribution >= 0.6 is 0 Å². The van der Waals surface area contributed by atoms with Crippen LogP contribution in [0.4, 0.5) is 0 Å². The number of hydrogen-bond acceptors (Lipinski definition) is 4. The van der Waals surface area contributed by atoms with Gasteiger partial charge in [-0.1, -0.05) is 30.3 Å². The average molecular weight is 294 g/mol. The van der Waals surface area contributed by atoms with Crippen LogP contribution in [0, 0.1) is 0 Å². The molecule has 3 rings (SSSR count). The molecule has 0 spiro atoms. The smallest absolute Gasteiger partial charge is 0.343 e. The van der Waals surface area contributed by atoms with Gasteiger partial charge in [0.05, 0.1) is 12.7 Å². The van der Waals surface area contributed by atoms with E-state index >= 15 is 0 Å². The van der Waals surface area contributed by atoms with Gasteiger partial charge in [-0.3, -0.25) is 0 Å². The first kappa shape index (κ1) is 13.9. The fourth-order valence-electron chi connectivity index (χ4n) is 2.20. The molecule has 3 aromatic carbocycles. The second-order valence-corrected chi connectivity index (χ2v) is 4.79. The van der Waals surface area contributed by atoms with E-state index in [-0.39, 0.29) is 11.5 Å². The van der Waals surface area contributed by atoms with Gasteiger partial charge in [-0.05, 0) is 41.1 Å². The Kier molecular flexibility index (Phi) is 3.66. The summed E-state index contributed by atoms with van der Waals surface area (Å²) in [6, 6.07) is 17.6. The Morgan fingerprint density at radius 1 is 0.955 bits per heavy atom. The number of fused-ring (bicyclic) bond motifs is 1. The number of hydrogen-bond donors (Lipinski definition) is 1. The summed E-state index contributed by atoms with van der Waals surface area (Å²) in [5.41, 5.74) is 0.308. The van der Waals surface area contributed by atoms with E-state index in [2.05, 4.69) is 0 Å². The molecule has 22 heavy (non-hydrogen) atoms. The van der Waals surface area contributed by atoms with E-state index in [0.29, 0.717) is 11.3 Å². The zero-order valence-electron chi connectivity index (χ0n) is 11.9. The van der Waals surface area contributed by atoms with E-state index in [9.17, 15) is 9.90 Å². The molecule has 0 aliphatic heterocycles. The quantitative estimate of drug-likeness (QED) is 0.590. The number of rotatable bonds is 3. The van der Waals surface area contributed by atoms with Crippen molar-refractivity contribution in [3.63, 3.8) is 0 Å². The van der Waals surface area contributed by atoms with Crippen molar-refractivity contribution < 1.29 is 19.4 Å². The molecule has 110 valence electrons.